The third-order valence-corrected chi connectivity index (χ3v) is 4.65. The molecule has 3 rings (SSSR count). The Morgan fingerprint density at radius 1 is 1.15 bits per heavy atom. The highest BCUT2D eigenvalue weighted by Gasteiger charge is 2.25. The summed E-state index contributed by atoms with van der Waals surface area (Å²) in [6, 6.07) is 14.5. The summed E-state index contributed by atoms with van der Waals surface area (Å²) in [6.07, 6.45) is 0.111. The molecule has 0 radical (unpaired) electrons. The molecule has 0 fully saturated rings. The highest BCUT2D eigenvalue weighted by Crippen LogP contribution is 2.34. The molecule has 5 heteroatoms. The zero-order valence-corrected chi connectivity index (χ0v) is 15.7. The van der Waals surface area contributed by atoms with Crippen LogP contribution in [0.4, 0.5) is 0 Å². The molecular weight excluding hydrogens is 350 g/mol. The molecule has 0 bridgehead atoms. The van der Waals surface area contributed by atoms with Crippen molar-refractivity contribution in [1.29, 1.82) is 0 Å². The molecule has 0 saturated carbocycles. The summed E-state index contributed by atoms with van der Waals surface area (Å²) < 4.78 is 7.39. The number of carbonyl (C=O) groups is 2. The molecule has 0 saturated heterocycles. The molecule has 1 heterocycles. The summed E-state index contributed by atoms with van der Waals surface area (Å²) in [4.78, 5) is 24.7. The topological polar surface area (TPSA) is 48.3 Å². The van der Waals surface area contributed by atoms with Gasteiger partial charge in [-0.1, -0.05) is 48.9 Å². The quantitative estimate of drug-likeness (QED) is 0.452. The van der Waals surface area contributed by atoms with Crippen LogP contribution < -0.4 is 0 Å². The van der Waals surface area contributed by atoms with E-state index in [1.54, 1.807) is 24.3 Å². The average Bonchev–Trinajstić information content (AvgIpc) is 2.90. The van der Waals surface area contributed by atoms with Crippen molar-refractivity contribution in [3.8, 4) is 0 Å². The number of halogens is 1. The molecule has 1 unspecified atom stereocenters. The first-order valence-corrected chi connectivity index (χ1v) is 8.88. The number of rotatable bonds is 5. The first-order valence-electron chi connectivity index (χ1n) is 8.51. The van der Waals surface area contributed by atoms with Crippen LogP contribution in [0.25, 0.3) is 10.9 Å². The van der Waals surface area contributed by atoms with E-state index in [-0.39, 0.29) is 11.8 Å². The molecule has 0 amide bonds. The van der Waals surface area contributed by atoms with E-state index in [1.807, 2.05) is 42.7 Å². The SMILES string of the molecule is CCC(OC(C)=O)n1c(C)c(C(=O)c2ccccc2)c2cc(Cl)ccc21. The maximum atomic E-state index is 13.2. The van der Waals surface area contributed by atoms with Crippen LogP contribution in [0.2, 0.25) is 5.02 Å². The fourth-order valence-electron chi connectivity index (χ4n) is 3.32. The summed E-state index contributed by atoms with van der Waals surface area (Å²) >= 11 is 6.19. The Morgan fingerprint density at radius 3 is 2.46 bits per heavy atom. The van der Waals surface area contributed by atoms with Crippen LogP contribution in [-0.4, -0.2) is 16.3 Å². The van der Waals surface area contributed by atoms with E-state index in [4.69, 9.17) is 16.3 Å². The largest absolute Gasteiger partial charge is 0.441 e. The zero-order chi connectivity index (χ0) is 18.8. The maximum absolute atomic E-state index is 13.2. The number of aromatic nitrogens is 1. The number of carbonyl (C=O) groups excluding carboxylic acids is 2. The van der Waals surface area contributed by atoms with Gasteiger partial charge in [0.25, 0.3) is 0 Å². The van der Waals surface area contributed by atoms with Crippen LogP contribution in [0.15, 0.2) is 48.5 Å². The predicted octanol–water partition coefficient (Wildman–Crippen LogP) is 5.31. The molecule has 26 heavy (non-hydrogen) atoms. The Morgan fingerprint density at radius 2 is 1.85 bits per heavy atom. The molecule has 3 aromatic rings. The minimum atomic E-state index is -0.478. The number of ketones is 1. The van der Waals surface area contributed by atoms with Gasteiger partial charge < -0.3 is 9.30 Å². The van der Waals surface area contributed by atoms with Crippen LogP contribution in [0, 0.1) is 6.92 Å². The Hall–Kier alpha value is -2.59. The monoisotopic (exact) mass is 369 g/mol. The minimum absolute atomic E-state index is 0.0770. The number of fused-ring (bicyclic) bond motifs is 1. The van der Waals surface area contributed by atoms with E-state index in [0.29, 0.717) is 22.6 Å². The number of ether oxygens (including phenoxy) is 1. The molecule has 2 aromatic carbocycles. The van der Waals surface area contributed by atoms with E-state index in [0.717, 1.165) is 16.6 Å². The van der Waals surface area contributed by atoms with Gasteiger partial charge in [0.2, 0.25) is 0 Å². The number of hydrogen-bond donors (Lipinski definition) is 0. The lowest BCUT2D eigenvalue weighted by molar-refractivity contribution is -0.151. The number of hydrogen-bond acceptors (Lipinski definition) is 3. The van der Waals surface area contributed by atoms with Gasteiger partial charge in [0.1, 0.15) is 0 Å². The number of nitrogens with zero attached hydrogens (tertiary/aromatic N) is 1. The van der Waals surface area contributed by atoms with Crippen LogP contribution >= 0.6 is 11.6 Å². The fourth-order valence-corrected chi connectivity index (χ4v) is 3.49. The third-order valence-electron chi connectivity index (χ3n) is 4.41. The molecular formula is C21H20ClNO3. The van der Waals surface area contributed by atoms with Crippen molar-refractivity contribution in [2.45, 2.75) is 33.4 Å². The molecule has 0 spiro atoms. The molecule has 4 nitrogen and oxygen atoms in total. The number of esters is 1. The van der Waals surface area contributed by atoms with Crippen molar-refractivity contribution in [2.24, 2.45) is 0 Å². The molecule has 0 aliphatic carbocycles. The van der Waals surface area contributed by atoms with E-state index in [9.17, 15) is 9.59 Å². The van der Waals surface area contributed by atoms with E-state index < -0.39 is 6.23 Å². The van der Waals surface area contributed by atoms with E-state index in [2.05, 4.69) is 0 Å². The van der Waals surface area contributed by atoms with Gasteiger partial charge in [-0.05, 0) is 25.1 Å². The van der Waals surface area contributed by atoms with Crippen molar-refractivity contribution in [3.05, 3.63) is 70.4 Å². The molecule has 0 aliphatic rings. The predicted molar refractivity (Wildman–Crippen MR) is 103 cm³/mol. The summed E-state index contributed by atoms with van der Waals surface area (Å²) in [5.41, 5.74) is 2.76. The average molecular weight is 370 g/mol. The fraction of sp³-hybridized carbons (Fsp3) is 0.238. The van der Waals surface area contributed by atoms with Gasteiger partial charge in [0.05, 0.1) is 11.1 Å². The Kier molecular flexibility index (Phi) is 5.14. The van der Waals surface area contributed by atoms with Gasteiger partial charge in [0.15, 0.2) is 12.0 Å². The molecule has 1 atom stereocenters. The molecule has 0 aliphatic heterocycles. The van der Waals surface area contributed by atoms with Gasteiger partial charge in [-0.2, -0.15) is 0 Å². The lowest BCUT2D eigenvalue weighted by Crippen LogP contribution is -2.16. The van der Waals surface area contributed by atoms with Gasteiger partial charge in [0, 0.05) is 35.0 Å². The zero-order valence-electron chi connectivity index (χ0n) is 15.0. The molecule has 0 N–H and O–H groups in total. The Labute approximate surface area is 157 Å². The number of benzene rings is 2. The second-order valence-corrected chi connectivity index (χ2v) is 6.60. The van der Waals surface area contributed by atoms with Crippen LogP contribution in [0.5, 0.6) is 0 Å². The van der Waals surface area contributed by atoms with Crippen molar-refractivity contribution >= 4 is 34.3 Å². The lowest BCUT2D eigenvalue weighted by Gasteiger charge is -2.20. The summed E-state index contributed by atoms with van der Waals surface area (Å²) in [5, 5.41) is 1.31. The first-order chi connectivity index (χ1) is 12.4. The van der Waals surface area contributed by atoms with Crippen molar-refractivity contribution in [3.63, 3.8) is 0 Å². The molecule has 1 aromatic heterocycles. The molecule has 134 valence electrons. The summed E-state index contributed by atoms with van der Waals surface area (Å²) in [5.74, 6) is -0.435. The second kappa shape index (κ2) is 7.34. The summed E-state index contributed by atoms with van der Waals surface area (Å²) in [7, 11) is 0. The van der Waals surface area contributed by atoms with Gasteiger partial charge in [-0.15, -0.1) is 0 Å². The smallest absolute Gasteiger partial charge is 0.304 e. The van der Waals surface area contributed by atoms with Crippen molar-refractivity contribution in [1.82, 2.24) is 4.57 Å². The maximum Gasteiger partial charge on any atom is 0.304 e. The standard InChI is InChI=1S/C21H20ClNO3/c1-4-19(26-14(3)24)23-13(2)20(17-12-16(22)10-11-18(17)23)21(25)15-8-6-5-7-9-15/h5-12,19H,4H2,1-3H3. The highest BCUT2D eigenvalue weighted by atomic mass is 35.5. The normalized spacial score (nSPS) is 12.2. The lowest BCUT2D eigenvalue weighted by atomic mass is 10.0. The highest BCUT2D eigenvalue weighted by molar-refractivity contribution is 6.31. The van der Waals surface area contributed by atoms with Crippen molar-refractivity contribution < 1.29 is 14.3 Å². The van der Waals surface area contributed by atoms with Gasteiger partial charge in [-0.25, -0.2) is 0 Å². The summed E-state index contributed by atoms with van der Waals surface area (Å²) in [6.45, 7) is 5.19. The second-order valence-electron chi connectivity index (χ2n) is 6.16. The van der Waals surface area contributed by atoms with Gasteiger partial charge >= 0.3 is 5.97 Å². The van der Waals surface area contributed by atoms with Crippen LogP contribution in [0.3, 0.4) is 0 Å². The van der Waals surface area contributed by atoms with Gasteiger partial charge in [-0.3, -0.25) is 9.59 Å². The third kappa shape index (κ3) is 3.25. The van der Waals surface area contributed by atoms with Crippen molar-refractivity contribution in [2.75, 3.05) is 0 Å². The Bertz CT molecular complexity index is 976. The van der Waals surface area contributed by atoms with E-state index in [1.165, 1.54) is 6.92 Å². The Balaban J connectivity index is 2.26. The van der Waals surface area contributed by atoms with E-state index >= 15 is 0 Å². The van der Waals surface area contributed by atoms with Crippen LogP contribution in [0.1, 0.15) is 48.1 Å². The minimum Gasteiger partial charge on any atom is -0.441 e. The first kappa shape index (κ1) is 18.2. The van der Waals surface area contributed by atoms with Crippen LogP contribution in [-0.2, 0) is 9.53 Å².